The van der Waals surface area contributed by atoms with Crippen molar-refractivity contribution in [3.63, 3.8) is 0 Å². The van der Waals surface area contributed by atoms with Crippen LogP contribution in [-0.4, -0.2) is 23.8 Å². The third-order valence-electron chi connectivity index (χ3n) is 2.58. The Bertz CT molecular complexity index is 309. The maximum Gasteiger partial charge on any atom is 0.212 e. The van der Waals surface area contributed by atoms with E-state index in [2.05, 4.69) is 4.98 Å². The molecule has 0 fully saturated rings. The van der Waals surface area contributed by atoms with Crippen LogP contribution in [0.2, 0.25) is 0 Å². The lowest BCUT2D eigenvalue weighted by atomic mass is 9.82. The van der Waals surface area contributed by atoms with Crippen molar-refractivity contribution in [3.05, 3.63) is 23.9 Å². The second kappa shape index (κ2) is 4.59. The fraction of sp³-hybridized carbons (Fsp3) is 0.545. The number of aliphatic hydroxyl groups is 1. The highest BCUT2D eigenvalue weighted by atomic mass is 16.5. The van der Waals surface area contributed by atoms with Gasteiger partial charge in [0.15, 0.2) is 0 Å². The topological polar surface area (TPSA) is 68.4 Å². The van der Waals surface area contributed by atoms with Crippen molar-refractivity contribution in [2.24, 2.45) is 11.1 Å². The molecule has 0 saturated heterocycles. The molecule has 0 saturated carbocycles. The average molecular weight is 210 g/mol. The van der Waals surface area contributed by atoms with Crippen molar-refractivity contribution in [2.75, 3.05) is 13.7 Å². The van der Waals surface area contributed by atoms with Gasteiger partial charge in [-0.05, 0) is 5.56 Å². The van der Waals surface area contributed by atoms with Crippen LogP contribution in [-0.2, 0) is 0 Å². The van der Waals surface area contributed by atoms with E-state index in [0.29, 0.717) is 5.88 Å². The summed E-state index contributed by atoms with van der Waals surface area (Å²) in [5.41, 5.74) is 6.58. The van der Waals surface area contributed by atoms with Crippen LogP contribution in [0, 0.1) is 5.41 Å². The molecule has 0 bridgehead atoms. The van der Waals surface area contributed by atoms with Crippen LogP contribution < -0.4 is 10.5 Å². The van der Waals surface area contributed by atoms with Crippen molar-refractivity contribution in [1.82, 2.24) is 4.98 Å². The molecule has 1 aromatic rings. The predicted octanol–water partition coefficient (Wildman–Crippen LogP) is 1.11. The highest BCUT2D eigenvalue weighted by molar-refractivity contribution is 5.22. The molecule has 84 valence electrons. The van der Waals surface area contributed by atoms with Crippen molar-refractivity contribution in [2.45, 2.75) is 19.9 Å². The maximum atomic E-state index is 9.20. The smallest absolute Gasteiger partial charge is 0.212 e. The predicted molar refractivity (Wildman–Crippen MR) is 58.6 cm³/mol. The lowest BCUT2D eigenvalue weighted by Gasteiger charge is -2.29. The van der Waals surface area contributed by atoms with Gasteiger partial charge < -0.3 is 15.6 Å². The molecule has 15 heavy (non-hydrogen) atoms. The van der Waals surface area contributed by atoms with Crippen LogP contribution in [0.3, 0.4) is 0 Å². The first-order chi connectivity index (χ1) is 7.01. The number of nitrogens with zero attached hydrogens (tertiary/aromatic N) is 1. The standard InChI is InChI=1S/C11H18N2O2/c1-11(2,7-14)10(12)8-4-5-9(15-3)13-6-8/h4-6,10,14H,7,12H2,1-3H3/t10-/m0/s1. The van der Waals surface area contributed by atoms with E-state index in [-0.39, 0.29) is 18.1 Å². The summed E-state index contributed by atoms with van der Waals surface area (Å²) in [5.74, 6) is 0.563. The summed E-state index contributed by atoms with van der Waals surface area (Å²) < 4.78 is 4.96. The second-order valence-electron chi connectivity index (χ2n) is 4.26. The minimum atomic E-state index is -0.351. The molecule has 0 radical (unpaired) electrons. The first-order valence-corrected chi connectivity index (χ1v) is 4.87. The Morgan fingerprint density at radius 3 is 2.60 bits per heavy atom. The molecule has 0 aliphatic rings. The Labute approximate surface area is 90.1 Å². The normalized spacial score (nSPS) is 13.7. The highest BCUT2D eigenvalue weighted by Crippen LogP contribution is 2.30. The average Bonchev–Trinajstić information content (AvgIpc) is 2.28. The molecule has 0 unspecified atom stereocenters. The van der Waals surface area contributed by atoms with Gasteiger partial charge >= 0.3 is 0 Å². The quantitative estimate of drug-likeness (QED) is 0.781. The largest absolute Gasteiger partial charge is 0.481 e. The molecule has 1 aromatic heterocycles. The molecule has 3 N–H and O–H groups in total. The molecule has 1 atom stereocenters. The minimum Gasteiger partial charge on any atom is -0.481 e. The summed E-state index contributed by atoms with van der Waals surface area (Å²) in [6.45, 7) is 3.88. The lowest BCUT2D eigenvalue weighted by Crippen LogP contribution is -2.32. The van der Waals surface area contributed by atoms with Crippen molar-refractivity contribution in [3.8, 4) is 5.88 Å². The number of nitrogens with two attached hydrogens (primary N) is 1. The zero-order valence-electron chi connectivity index (χ0n) is 9.40. The number of methoxy groups -OCH3 is 1. The summed E-state index contributed by atoms with van der Waals surface area (Å²) >= 11 is 0. The number of aliphatic hydroxyl groups excluding tert-OH is 1. The second-order valence-corrected chi connectivity index (χ2v) is 4.26. The molecular weight excluding hydrogens is 192 g/mol. The van der Waals surface area contributed by atoms with E-state index in [0.717, 1.165) is 5.56 Å². The molecule has 1 heterocycles. The Morgan fingerprint density at radius 1 is 1.53 bits per heavy atom. The third-order valence-corrected chi connectivity index (χ3v) is 2.58. The number of pyridine rings is 1. The van der Waals surface area contributed by atoms with Gasteiger partial charge in [0.05, 0.1) is 7.11 Å². The Hall–Kier alpha value is -1.13. The molecule has 4 heteroatoms. The van der Waals surface area contributed by atoms with Crippen LogP contribution in [0.4, 0.5) is 0 Å². The monoisotopic (exact) mass is 210 g/mol. The zero-order chi connectivity index (χ0) is 11.5. The molecule has 0 aliphatic heterocycles. The number of hydrogen-bond donors (Lipinski definition) is 2. The van der Waals surface area contributed by atoms with E-state index in [1.165, 1.54) is 0 Å². The van der Waals surface area contributed by atoms with Crippen molar-refractivity contribution >= 4 is 0 Å². The lowest BCUT2D eigenvalue weighted by molar-refractivity contribution is 0.132. The Morgan fingerprint density at radius 2 is 2.20 bits per heavy atom. The molecule has 0 aliphatic carbocycles. The molecule has 0 spiro atoms. The van der Waals surface area contributed by atoms with Gasteiger partial charge in [-0.25, -0.2) is 4.98 Å². The van der Waals surface area contributed by atoms with Gasteiger partial charge in [-0.2, -0.15) is 0 Å². The molecule has 4 nitrogen and oxygen atoms in total. The summed E-state index contributed by atoms with van der Waals surface area (Å²) in [4.78, 5) is 4.08. The summed E-state index contributed by atoms with van der Waals surface area (Å²) in [6, 6.07) is 3.40. The van der Waals surface area contributed by atoms with Crippen molar-refractivity contribution in [1.29, 1.82) is 0 Å². The van der Waals surface area contributed by atoms with Gasteiger partial charge in [-0.3, -0.25) is 0 Å². The summed E-state index contributed by atoms with van der Waals surface area (Å²) in [6.07, 6.45) is 1.68. The molecular formula is C11H18N2O2. The maximum absolute atomic E-state index is 9.20. The van der Waals surface area contributed by atoms with Gasteiger partial charge in [0.25, 0.3) is 0 Å². The van der Waals surface area contributed by atoms with Crippen LogP contribution in [0.5, 0.6) is 5.88 Å². The summed E-state index contributed by atoms with van der Waals surface area (Å²) in [7, 11) is 1.57. The van der Waals surface area contributed by atoms with Gasteiger partial charge in [-0.1, -0.05) is 19.9 Å². The van der Waals surface area contributed by atoms with Crippen molar-refractivity contribution < 1.29 is 9.84 Å². The Kier molecular flexibility index (Phi) is 3.66. The van der Waals surface area contributed by atoms with E-state index in [9.17, 15) is 5.11 Å². The van der Waals surface area contributed by atoms with Crippen LogP contribution in [0.25, 0.3) is 0 Å². The number of ether oxygens (including phenoxy) is 1. The van der Waals surface area contributed by atoms with Crippen LogP contribution in [0.15, 0.2) is 18.3 Å². The van der Waals surface area contributed by atoms with Gasteiger partial charge in [-0.15, -0.1) is 0 Å². The fourth-order valence-corrected chi connectivity index (χ4v) is 1.25. The fourth-order valence-electron chi connectivity index (χ4n) is 1.25. The third kappa shape index (κ3) is 2.67. The number of rotatable bonds is 4. The highest BCUT2D eigenvalue weighted by Gasteiger charge is 2.27. The van der Waals surface area contributed by atoms with E-state index in [1.807, 2.05) is 19.9 Å². The molecule has 1 rings (SSSR count). The number of hydrogen-bond acceptors (Lipinski definition) is 4. The van der Waals surface area contributed by atoms with E-state index >= 15 is 0 Å². The van der Waals surface area contributed by atoms with E-state index in [1.54, 1.807) is 19.4 Å². The SMILES string of the molecule is COc1ccc([C@H](N)C(C)(C)CO)cn1. The first-order valence-electron chi connectivity index (χ1n) is 4.87. The molecule has 0 aromatic carbocycles. The van der Waals surface area contributed by atoms with Crippen LogP contribution >= 0.6 is 0 Å². The first kappa shape index (κ1) is 11.9. The minimum absolute atomic E-state index is 0.0419. The van der Waals surface area contributed by atoms with Gasteiger partial charge in [0.1, 0.15) is 0 Å². The number of aromatic nitrogens is 1. The van der Waals surface area contributed by atoms with Crippen LogP contribution in [0.1, 0.15) is 25.5 Å². The summed E-state index contributed by atoms with van der Waals surface area (Å²) in [5, 5.41) is 9.20. The van der Waals surface area contributed by atoms with Gasteiger partial charge in [0.2, 0.25) is 5.88 Å². The van der Waals surface area contributed by atoms with Gasteiger partial charge in [0, 0.05) is 30.3 Å². The Balaban J connectivity index is 2.87. The molecule has 0 amide bonds. The zero-order valence-corrected chi connectivity index (χ0v) is 9.40. The van der Waals surface area contributed by atoms with E-state index < -0.39 is 0 Å². The van der Waals surface area contributed by atoms with E-state index in [4.69, 9.17) is 10.5 Å².